The third-order valence-electron chi connectivity index (χ3n) is 7.54. The fraction of sp³-hybridized carbons (Fsp3) is 0.200. The molecule has 152 valence electrons. The molecule has 0 saturated carbocycles. The molecule has 0 aliphatic heterocycles. The van der Waals surface area contributed by atoms with E-state index in [-0.39, 0.29) is 10.8 Å². The minimum atomic E-state index is -0.0703. The Hall–Kier alpha value is -2.83. The first kappa shape index (κ1) is 18.9. The fourth-order valence-electron chi connectivity index (χ4n) is 5.84. The van der Waals surface area contributed by atoms with Crippen molar-refractivity contribution in [3.8, 4) is 33.4 Å². The van der Waals surface area contributed by atoms with Gasteiger partial charge in [-0.25, -0.2) is 0 Å². The van der Waals surface area contributed by atoms with Crippen molar-refractivity contribution in [2.75, 3.05) is 0 Å². The summed E-state index contributed by atoms with van der Waals surface area (Å²) in [6, 6.07) is 28.9. The van der Waals surface area contributed by atoms with E-state index in [0.717, 1.165) is 5.02 Å². The highest BCUT2D eigenvalue weighted by Gasteiger charge is 2.42. The van der Waals surface area contributed by atoms with Gasteiger partial charge in [-0.2, -0.15) is 0 Å². The van der Waals surface area contributed by atoms with Crippen LogP contribution in [0.3, 0.4) is 0 Å². The SMILES string of the molecule is CC1(C)c2cc(Cl)ccc2-c2cc3c(cc21)-c1c(-c2ccccc2)cccc1C3(C)C. The standard InChI is InChI=1S/C30H25Cl/c1-29(2)24-12-8-11-20(18-9-6-5-7-10-18)28(24)23-17-26-22(16-27(23)29)21-14-13-19(31)15-25(21)30(26,3)4/h5-17H,1-4H3. The molecule has 2 aliphatic rings. The summed E-state index contributed by atoms with van der Waals surface area (Å²) in [4.78, 5) is 0. The van der Waals surface area contributed by atoms with Gasteiger partial charge in [0.25, 0.3) is 0 Å². The van der Waals surface area contributed by atoms with E-state index >= 15 is 0 Å². The number of hydrogen-bond donors (Lipinski definition) is 0. The second-order valence-electron chi connectivity index (χ2n) is 9.98. The number of hydrogen-bond acceptors (Lipinski definition) is 0. The molecule has 0 atom stereocenters. The molecule has 0 saturated heterocycles. The molecule has 6 rings (SSSR count). The maximum absolute atomic E-state index is 6.40. The number of rotatable bonds is 1. The second-order valence-corrected chi connectivity index (χ2v) is 10.4. The van der Waals surface area contributed by atoms with Gasteiger partial charge in [-0.15, -0.1) is 0 Å². The zero-order chi connectivity index (χ0) is 21.5. The Kier molecular flexibility index (Phi) is 3.73. The summed E-state index contributed by atoms with van der Waals surface area (Å²) in [7, 11) is 0. The highest BCUT2D eigenvalue weighted by atomic mass is 35.5. The molecule has 31 heavy (non-hydrogen) atoms. The van der Waals surface area contributed by atoms with Gasteiger partial charge in [-0.3, -0.25) is 0 Å². The molecule has 0 spiro atoms. The molecule has 0 N–H and O–H groups in total. The fourth-order valence-corrected chi connectivity index (χ4v) is 6.02. The lowest BCUT2D eigenvalue weighted by Gasteiger charge is -2.24. The molecule has 0 fully saturated rings. The Labute approximate surface area is 189 Å². The zero-order valence-corrected chi connectivity index (χ0v) is 19.1. The van der Waals surface area contributed by atoms with E-state index < -0.39 is 0 Å². The first-order valence-corrected chi connectivity index (χ1v) is 11.4. The van der Waals surface area contributed by atoms with Crippen LogP contribution in [-0.2, 0) is 10.8 Å². The summed E-state index contributed by atoms with van der Waals surface area (Å²) in [6.45, 7) is 9.37. The Bertz CT molecular complexity index is 1370. The summed E-state index contributed by atoms with van der Waals surface area (Å²) >= 11 is 6.40. The van der Waals surface area contributed by atoms with Crippen molar-refractivity contribution in [3.63, 3.8) is 0 Å². The van der Waals surface area contributed by atoms with Gasteiger partial charge in [-0.1, -0.05) is 93.9 Å². The molecule has 0 bridgehead atoms. The minimum absolute atomic E-state index is 0.0379. The summed E-state index contributed by atoms with van der Waals surface area (Å²) < 4.78 is 0. The summed E-state index contributed by atoms with van der Waals surface area (Å²) in [5, 5.41) is 0.809. The van der Waals surface area contributed by atoms with Crippen molar-refractivity contribution in [1.29, 1.82) is 0 Å². The maximum Gasteiger partial charge on any atom is 0.0409 e. The second kappa shape index (κ2) is 6.11. The lowest BCUT2D eigenvalue weighted by molar-refractivity contribution is 0.652. The first-order chi connectivity index (χ1) is 14.8. The highest BCUT2D eigenvalue weighted by Crippen LogP contribution is 2.57. The van der Waals surface area contributed by atoms with E-state index in [1.54, 1.807) is 0 Å². The highest BCUT2D eigenvalue weighted by molar-refractivity contribution is 6.30. The van der Waals surface area contributed by atoms with E-state index in [4.69, 9.17) is 11.6 Å². The van der Waals surface area contributed by atoms with Crippen LogP contribution in [0, 0.1) is 0 Å². The van der Waals surface area contributed by atoms with E-state index in [1.165, 1.54) is 55.6 Å². The van der Waals surface area contributed by atoms with Gasteiger partial charge in [0.15, 0.2) is 0 Å². The van der Waals surface area contributed by atoms with Gasteiger partial charge in [0.05, 0.1) is 0 Å². The molecule has 0 nitrogen and oxygen atoms in total. The topological polar surface area (TPSA) is 0 Å². The van der Waals surface area contributed by atoms with Crippen LogP contribution >= 0.6 is 11.6 Å². The maximum atomic E-state index is 6.40. The molecule has 1 heteroatoms. The molecule has 0 radical (unpaired) electrons. The first-order valence-electron chi connectivity index (χ1n) is 11.0. The monoisotopic (exact) mass is 420 g/mol. The van der Waals surface area contributed by atoms with Crippen LogP contribution in [0.5, 0.6) is 0 Å². The van der Waals surface area contributed by atoms with E-state index in [9.17, 15) is 0 Å². The van der Waals surface area contributed by atoms with Crippen LogP contribution in [0.2, 0.25) is 5.02 Å². The van der Waals surface area contributed by atoms with Crippen molar-refractivity contribution in [1.82, 2.24) is 0 Å². The molecule has 4 aromatic carbocycles. The van der Waals surface area contributed by atoms with Gasteiger partial charge in [0, 0.05) is 15.9 Å². The van der Waals surface area contributed by atoms with Crippen LogP contribution in [0.15, 0.2) is 78.9 Å². The Morgan fingerprint density at radius 3 is 1.94 bits per heavy atom. The van der Waals surface area contributed by atoms with Crippen molar-refractivity contribution in [3.05, 3.63) is 106 Å². The van der Waals surface area contributed by atoms with Crippen LogP contribution in [0.1, 0.15) is 49.9 Å². The Morgan fingerprint density at radius 2 is 1.16 bits per heavy atom. The average Bonchev–Trinajstić information content (AvgIpc) is 3.13. The largest absolute Gasteiger partial charge is 0.0843 e. The normalized spacial score (nSPS) is 16.4. The molecule has 0 heterocycles. The Morgan fingerprint density at radius 1 is 0.516 bits per heavy atom. The van der Waals surface area contributed by atoms with Crippen LogP contribution in [-0.4, -0.2) is 0 Å². The third-order valence-corrected chi connectivity index (χ3v) is 7.78. The van der Waals surface area contributed by atoms with Gasteiger partial charge >= 0.3 is 0 Å². The molecular formula is C30H25Cl. The number of halogens is 1. The number of fused-ring (bicyclic) bond motifs is 6. The summed E-state index contributed by atoms with van der Waals surface area (Å²) in [6.07, 6.45) is 0. The van der Waals surface area contributed by atoms with Crippen LogP contribution < -0.4 is 0 Å². The predicted molar refractivity (Wildman–Crippen MR) is 132 cm³/mol. The van der Waals surface area contributed by atoms with E-state index in [0.29, 0.717) is 0 Å². The molecular weight excluding hydrogens is 396 g/mol. The summed E-state index contributed by atoms with van der Waals surface area (Å²) in [5.41, 5.74) is 13.5. The quantitative estimate of drug-likeness (QED) is 0.289. The van der Waals surface area contributed by atoms with Crippen molar-refractivity contribution in [2.45, 2.75) is 38.5 Å². The van der Waals surface area contributed by atoms with Crippen molar-refractivity contribution >= 4 is 11.6 Å². The van der Waals surface area contributed by atoms with Gasteiger partial charge < -0.3 is 0 Å². The van der Waals surface area contributed by atoms with E-state index in [2.05, 4.69) is 100 Å². The summed E-state index contributed by atoms with van der Waals surface area (Å²) in [5.74, 6) is 0. The average molecular weight is 421 g/mol. The molecule has 0 aromatic heterocycles. The van der Waals surface area contributed by atoms with Crippen LogP contribution in [0.25, 0.3) is 33.4 Å². The third kappa shape index (κ3) is 2.43. The predicted octanol–water partition coefficient (Wildman–Crippen LogP) is 8.62. The van der Waals surface area contributed by atoms with Gasteiger partial charge in [0.1, 0.15) is 0 Å². The lowest BCUT2D eigenvalue weighted by atomic mass is 9.79. The van der Waals surface area contributed by atoms with Crippen molar-refractivity contribution < 1.29 is 0 Å². The van der Waals surface area contributed by atoms with Crippen molar-refractivity contribution in [2.24, 2.45) is 0 Å². The molecule has 4 aromatic rings. The van der Waals surface area contributed by atoms with E-state index in [1.807, 2.05) is 6.07 Å². The molecule has 0 unspecified atom stereocenters. The number of benzene rings is 4. The molecule has 2 aliphatic carbocycles. The minimum Gasteiger partial charge on any atom is -0.0843 e. The smallest absolute Gasteiger partial charge is 0.0409 e. The molecule has 0 amide bonds. The van der Waals surface area contributed by atoms with Gasteiger partial charge in [0.2, 0.25) is 0 Å². The van der Waals surface area contributed by atoms with Crippen LogP contribution in [0.4, 0.5) is 0 Å². The Balaban J connectivity index is 1.68. The lowest BCUT2D eigenvalue weighted by Crippen LogP contribution is -2.17. The zero-order valence-electron chi connectivity index (χ0n) is 18.4. The van der Waals surface area contributed by atoms with Gasteiger partial charge in [-0.05, 0) is 79.9 Å².